The number of carbonyl (C=O) groups excluding carboxylic acids is 1. The van der Waals surface area contributed by atoms with Gasteiger partial charge in [0.15, 0.2) is 0 Å². The Morgan fingerprint density at radius 2 is 1.91 bits per heavy atom. The summed E-state index contributed by atoms with van der Waals surface area (Å²) in [4.78, 5) is 12.3. The van der Waals surface area contributed by atoms with E-state index in [0.29, 0.717) is 5.56 Å². The quantitative estimate of drug-likeness (QED) is 0.579. The van der Waals surface area contributed by atoms with Gasteiger partial charge in [-0.3, -0.25) is 4.79 Å². The van der Waals surface area contributed by atoms with Gasteiger partial charge < -0.3 is 8.98 Å². The number of hydrogen-bond donors (Lipinski definition) is 1. The van der Waals surface area contributed by atoms with Crippen LogP contribution in [0, 0.1) is 0 Å². The molecule has 3 aromatic rings. The third-order valence-corrected chi connectivity index (χ3v) is 3.16. The average molecular weight is 305 g/mol. The maximum Gasteiger partial charge on any atom is 0.273 e. The molecular formula is C18H15N3O2. The minimum Gasteiger partial charge on any atom is -0.465 e. The molecule has 1 amide bonds. The Hall–Kier alpha value is -3.34. The lowest BCUT2D eigenvalue weighted by Crippen LogP contribution is -2.19. The van der Waals surface area contributed by atoms with Crippen LogP contribution in [0.4, 0.5) is 0 Å². The largest absolute Gasteiger partial charge is 0.465 e. The molecule has 0 saturated heterocycles. The van der Waals surface area contributed by atoms with Crippen molar-refractivity contribution in [2.24, 2.45) is 5.10 Å². The van der Waals surface area contributed by atoms with Crippen molar-refractivity contribution >= 4 is 18.2 Å². The number of hydrogen-bond acceptors (Lipinski definition) is 3. The Bertz CT molecular complexity index is 816. The van der Waals surface area contributed by atoms with Crippen LogP contribution in [-0.2, 0) is 0 Å². The molecule has 1 aromatic carbocycles. The lowest BCUT2D eigenvalue weighted by Gasteiger charge is -2.08. The number of benzene rings is 1. The van der Waals surface area contributed by atoms with Crippen molar-refractivity contribution in [3.05, 3.63) is 84.6 Å². The molecule has 2 aromatic heterocycles. The molecule has 1 N–H and O–H groups in total. The van der Waals surface area contributed by atoms with E-state index >= 15 is 0 Å². The van der Waals surface area contributed by atoms with Crippen LogP contribution in [0.3, 0.4) is 0 Å². The fraction of sp³-hybridized carbons (Fsp3) is 0. The van der Waals surface area contributed by atoms with Gasteiger partial charge in [-0.05, 0) is 48.6 Å². The SMILES string of the molecule is O=C(NN=CC=Cc1ccco1)c1ccccc1-n1cccc1. The Morgan fingerprint density at radius 3 is 2.70 bits per heavy atom. The second kappa shape index (κ2) is 7.09. The van der Waals surface area contributed by atoms with Crippen molar-refractivity contribution in [2.45, 2.75) is 0 Å². The minimum absolute atomic E-state index is 0.267. The van der Waals surface area contributed by atoms with Crippen LogP contribution in [0.5, 0.6) is 0 Å². The number of nitrogens with one attached hydrogen (secondary N) is 1. The number of nitrogens with zero attached hydrogens (tertiary/aromatic N) is 2. The van der Waals surface area contributed by atoms with Crippen LogP contribution < -0.4 is 5.43 Å². The van der Waals surface area contributed by atoms with Gasteiger partial charge in [-0.25, -0.2) is 5.43 Å². The first kappa shape index (κ1) is 14.6. The second-order valence-electron chi connectivity index (χ2n) is 4.70. The molecule has 0 radical (unpaired) electrons. The average Bonchev–Trinajstić information content (AvgIpc) is 3.28. The molecule has 0 fully saturated rings. The summed E-state index contributed by atoms with van der Waals surface area (Å²) < 4.78 is 7.03. The molecule has 0 bridgehead atoms. The molecule has 2 heterocycles. The molecule has 5 heteroatoms. The zero-order chi connectivity index (χ0) is 15.9. The van der Waals surface area contributed by atoms with E-state index in [1.165, 1.54) is 6.21 Å². The highest BCUT2D eigenvalue weighted by atomic mass is 16.3. The Kier molecular flexibility index (Phi) is 4.49. The van der Waals surface area contributed by atoms with E-state index in [9.17, 15) is 4.79 Å². The van der Waals surface area contributed by atoms with Crippen molar-refractivity contribution in [3.63, 3.8) is 0 Å². The maximum atomic E-state index is 12.3. The Labute approximate surface area is 133 Å². The van der Waals surface area contributed by atoms with E-state index in [4.69, 9.17) is 4.42 Å². The predicted octanol–water partition coefficient (Wildman–Crippen LogP) is 3.50. The van der Waals surface area contributed by atoms with E-state index in [-0.39, 0.29) is 5.91 Å². The molecule has 0 saturated carbocycles. The maximum absolute atomic E-state index is 12.3. The first-order chi connectivity index (χ1) is 11.3. The molecule has 0 aliphatic rings. The summed E-state index contributed by atoms with van der Waals surface area (Å²) in [6, 6.07) is 14.8. The highest BCUT2D eigenvalue weighted by Crippen LogP contribution is 2.14. The van der Waals surface area contributed by atoms with E-state index in [1.807, 2.05) is 53.4 Å². The molecular weight excluding hydrogens is 290 g/mol. The number of carbonyl (C=O) groups is 1. The standard InChI is InChI=1S/C18H15N3O2/c22-18(20-19-11-5-7-15-8-6-14-23-15)16-9-1-2-10-17(16)21-12-3-4-13-21/h1-14H,(H,20,22). The van der Waals surface area contributed by atoms with Crippen molar-refractivity contribution in [1.29, 1.82) is 0 Å². The van der Waals surface area contributed by atoms with Gasteiger partial charge in [0.2, 0.25) is 0 Å². The molecule has 5 nitrogen and oxygen atoms in total. The van der Waals surface area contributed by atoms with Gasteiger partial charge in [-0.15, -0.1) is 0 Å². The monoisotopic (exact) mass is 305 g/mol. The summed E-state index contributed by atoms with van der Waals surface area (Å²) in [6.45, 7) is 0. The topological polar surface area (TPSA) is 59.5 Å². The van der Waals surface area contributed by atoms with Crippen LogP contribution in [0.15, 0.2) is 82.8 Å². The van der Waals surface area contributed by atoms with Crippen LogP contribution in [0.1, 0.15) is 16.1 Å². The first-order valence-corrected chi connectivity index (χ1v) is 7.10. The summed E-state index contributed by atoms with van der Waals surface area (Å²) in [5, 5.41) is 3.91. The lowest BCUT2D eigenvalue weighted by molar-refractivity contribution is 0.0955. The van der Waals surface area contributed by atoms with Crippen LogP contribution >= 0.6 is 0 Å². The summed E-state index contributed by atoms with van der Waals surface area (Å²) >= 11 is 0. The third kappa shape index (κ3) is 3.65. The number of para-hydroxylation sites is 1. The number of amides is 1. The smallest absolute Gasteiger partial charge is 0.273 e. The van der Waals surface area contributed by atoms with Crippen molar-refractivity contribution in [1.82, 2.24) is 9.99 Å². The van der Waals surface area contributed by atoms with Gasteiger partial charge in [0.1, 0.15) is 5.76 Å². The van der Waals surface area contributed by atoms with Crippen LogP contribution in [-0.4, -0.2) is 16.7 Å². The van der Waals surface area contributed by atoms with Gasteiger partial charge >= 0.3 is 0 Å². The van der Waals surface area contributed by atoms with Crippen molar-refractivity contribution in [3.8, 4) is 5.69 Å². The zero-order valence-corrected chi connectivity index (χ0v) is 12.3. The molecule has 3 rings (SSSR count). The summed E-state index contributed by atoms with van der Waals surface area (Å²) in [5.74, 6) is 0.456. The van der Waals surface area contributed by atoms with E-state index in [1.54, 1.807) is 30.5 Å². The normalized spacial score (nSPS) is 11.3. The van der Waals surface area contributed by atoms with E-state index < -0.39 is 0 Å². The molecule has 23 heavy (non-hydrogen) atoms. The molecule has 0 spiro atoms. The molecule has 0 atom stereocenters. The highest BCUT2D eigenvalue weighted by molar-refractivity contribution is 5.98. The van der Waals surface area contributed by atoms with Crippen molar-refractivity contribution in [2.75, 3.05) is 0 Å². The molecule has 0 aliphatic heterocycles. The number of allylic oxidation sites excluding steroid dienone is 1. The zero-order valence-electron chi connectivity index (χ0n) is 12.3. The van der Waals surface area contributed by atoms with Gasteiger partial charge in [0, 0.05) is 18.6 Å². The predicted molar refractivity (Wildman–Crippen MR) is 89.5 cm³/mol. The molecule has 114 valence electrons. The number of rotatable bonds is 5. The summed E-state index contributed by atoms with van der Waals surface area (Å²) in [7, 11) is 0. The number of aromatic nitrogens is 1. The van der Waals surface area contributed by atoms with Crippen LogP contribution in [0.2, 0.25) is 0 Å². The fourth-order valence-electron chi connectivity index (χ4n) is 2.11. The van der Waals surface area contributed by atoms with Gasteiger partial charge in [0.25, 0.3) is 5.91 Å². The summed E-state index contributed by atoms with van der Waals surface area (Å²) in [6.07, 6.45) is 10.3. The lowest BCUT2D eigenvalue weighted by atomic mass is 10.1. The van der Waals surface area contributed by atoms with E-state index in [2.05, 4.69) is 10.5 Å². The number of furan rings is 1. The fourth-order valence-corrected chi connectivity index (χ4v) is 2.11. The Morgan fingerprint density at radius 1 is 1.09 bits per heavy atom. The molecule has 0 unspecified atom stereocenters. The van der Waals surface area contributed by atoms with Crippen molar-refractivity contribution < 1.29 is 9.21 Å². The highest BCUT2D eigenvalue weighted by Gasteiger charge is 2.10. The minimum atomic E-state index is -0.267. The first-order valence-electron chi connectivity index (χ1n) is 7.10. The van der Waals surface area contributed by atoms with Crippen LogP contribution in [0.25, 0.3) is 11.8 Å². The molecule has 0 aliphatic carbocycles. The number of hydrazone groups is 1. The third-order valence-electron chi connectivity index (χ3n) is 3.16. The van der Waals surface area contributed by atoms with Gasteiger partial charge in [0.05, 0.1) is 17.5 Å². The summed E-state index contributed by atoms with van der Waals surface area (Å²) in [5.41, 5.74) is 3.87. The van der Waals surface area contributed by atoms with Gasteiger partial charge in [-0.2, -0.15) is 5.10 Å². The second-order valence-corrected chi connectivity index (χ2v) is 4.70. The van der Waals surface area contributed by atoms with E-state index in [0.717, 1.165) is 11.4 Å². The Balaban J connectivity index is 1.67. The van der Waals surface area contributed by atoms with Gasteiger partial charge in [-0.1, -0.05) is 12.1 Å².